The number of rotatable bonds is 0. The van der Waals surface area contributed by atoms with Crippen molar-refractivity contribution >= 4 is 33.2 Å². The van der Waals surface area contributed by atoms with E-state index >= 15 is 0 Å². The van der Waals surface area contributed by atoms with Crippen LogP contribution in [0.4, 0.5) is 0 Å². The third kappa shape index (κ3) is 1.06. The zero-order valence-corrected chi connectivity index (χ0v) is 10.4. The number of hydrogen-bond donors (Lipinski definition) is 0. The molecule has 0 radical (unpaired) electrons. The summed E-state index contributed by atoms with van der Waals surface area (Å²) in [5.41, 5.74) is 4.79. The zero-order chi connectivity index (χ0) is 13.1. The van der Waals surface area contributed by atoms with E-state index in [1.807, 2.05) is 40.9 Å². The molecular weight excluding hydrogens is 250 g/mol. The van der Waals surface area contributed by atoms with Gasteiger partial charge in [0, 0.05) is 11.6 Å². The molecule has 0 spiro atoms. The maximum absolute atomic E-state index is 4.75. The number of hydrogen-bond acceptors (Lipinski definition) is 3. The fourth-order valence-corrected chi connectivity index (χ4v) is 2.85. The average molecular weight is 259 g/mol. The molecule has 1 aromatic carbocycles. The fourth-order valence-electron chi connectivity index (χ4n) is 2.85. The second-order valence-electron chi connectivity index (χ2n) is 4.78. The Morgan fingerprint density at radius 3 is 2.80 bits per heavy atom. The highest BCUT2D eigenvalue weighted by atomic mass is 15.2. The molecule has 0 aliphatic carbocycles. The highest BCUT2D eigenvalue weighted by Crippen LogP contribution is 2.28. The largest absolute Gasteiger partial charge is 0.296 e. The number of nitrogens with zero attached hydrogens (tertiary/aromatic N) is 5. The Morgan fingerprint density at radius 2 is 1.80 bits per heavy atom. The summed E-state index contributed by atoms with van der Waals surface area (Å²) in [6.07, 6.45) is 3.76. The van der Waals surface area contributed by atoms with E-state index in [-0.39, 0.29) is 0 Å². The lowest BCUT2D eigenvalue weighted by Gasteiger charge is -2.03. The van der Waals surface area contributed by atoms with Crippen LogP contribution in [0, 0.1) is 0 Å². The summed E-state index contributed by atoms with van der Waals surface area (Å²) in [7, 11) is 0. The van der Waals surface area contributed by atoms with Crippen molar-refractivity contribution in [3.8, 4) is 0 Å². The van der Waals surface area contributed by atoms with Gasteiger partial charge in [-0.3, -0.25) is 8.80 Å². The number of benzene rings is 1. The average Bonchev–Trinajstić information content (AvgIpc) is 3.11. The van der Waals surface area contributed by atoms with E-state index in [1.165, 1.54) is 0 Å². The normalized spacial score (nSPS) is 12.0. The van der Waals surface area contributed by atoms with E-state index in [4.69, 9.17) is 4.98 Å². The minimum atomic E-state index is 0.831. The monoisotopic (exact) mass is 259 g/mol. The van der Waals surface area contributed by atoms with Gasteiger partial charge in [0.05, 0.1) is 5.52 Å². The summed E-state index contributed by atoms with van der Waals surface area (Å²) in [4.78, 5) is 4.75. The van der Waals surface area contributed by atoms with Crippen LogP contribution in [0.3, 0.4) is 0 Å². The minimum Gasteiger partial charge on any atom is -0.296 e. The molecule has 5 nitrogen and oxygen atoms in total. The SMILES string of the molecule is c1ccc2c(c1)c1nc3ccccn3c1c1nncn21. The van der Waals surface area contributed by atoms with Crippen molar-refractivity contribution in [1.29, 1.82) is 0 Å². The van der Waals surface area contributed by atoms with Crippen molar-refractivity contribution in [3.63, 3.8) is 0 Å². The third-order valence-electron chi connectivity index (χ3n) is 3.71. The first kappa shape index (κ1) is 9.91. The van der Waals surface area contributed by atoms with Crippen molar-refractivity contribution in [2.75, 3.05) is 0 Å². The van der Waals surface area contributed by atoms with Crippen molar-refractivity contribution in [2.24, 2.45) is 0 Å². The fraction of sp³-hybridized carbons (Fsp3) is 0. The van der Waals surface area contributed by atoms with Gasteiger partial charge in [-0.15, -0.1) is 10.2 Å². The molecule has 0 atom stereocenters. The van der Waals surface area contributed by atoms with Gasteiger partial charge >= 0.3 is 0 Å². The lowest BCUT2D eigenvalue weighted by atomic mass is 10.2. The molecule has 0 aliphatic heterocycles. The number of pyridine rings is 2. The molecule has 20 heavy (non-hydrogen) atoms. The van der Waals surface area contributed by atoms with Crippen LogP contribution < -0.4 is 0 Å². The lowest BCUT2D eigenvalue weighted by Crippen LogP contribution is -1.91. The smallest absolute Gasteiger partial charge is 0.187 e. The second kappa shape index (κ2) is 3.33. The van der Waals surface area contributed by atoms with Gasteiger partial charge in [0.1, 0.15) is 23.0 Å². The van der Waals surface area contributed by atoms with Crippen LogP contribution >= 0.6 is 0 Å². The standard InChI is InChI=1S/C15H9N5/c1-2-6-11-10(5-1)13-14(15-18-16-9-20(11)15)19-8-4-3-7-12(19)17-13/h1-9H. The van der Waals surface area contributed by atoms with Crippen LogP contribution in [0.5, 0.6) is 0 Å². The highest BCUT2D eigenvalue weighted by molar-refractivity contribution is 6.09. The van der Waals surface area contributed by atoms with Gasteiger partial charge in [-0.1, -0.05) is 24.3 Å². The topological polar surface area (TPSA) is 47.5 Å². The number of para-hydroxylation sites is 1. The van der Waals surface area contributed by atoms with E-state index < -0.39 is 0 Å². The molecule has 0 fully saturated rings. The highest BCUT2D eigenvalue weighted by Gasteiger charge is 2.14. The number of fused-ring (bicyclic) bond motifs is 8. The predicted octanol–water partition coefficient (Wildman–Crippen LogP) is 2.68. The number of imidazole rings is 1. The van der Waals surface area contributed by atoms with Crippen molar-refractivity contribution in [2.45, 2.75) is 0 Å². The predicted molar refractivity (Wildman–Crippen MR) is 76.7 cm³/mol. The Balaban J connectivity index is 2.26. The quantitative estimate of drug-likeness (QED) is 0.429. The van der Waals surface area contributed by atoms with Crippen LogP contribution in [0.15, 0.2) is 55.0 Å². The molecule has 5 heteroatoms. The molecule has 0 N–H and O–H groups in total. The maximum atomic E-state index is 4.75. The molecule has 0 amide bonds. The molecule has 0 saturated carbocycles. The van der Waals surface area contributed by atoms with Crippen LogP contribution in [-0.4, -0.2) is 24.0 Å². The Bertz CT molecular complexity index is 1100. The van der Waals surface area contributed by atoms with Crippen molar-refractivity contribution in [1.82, 2.24) is 24.0 Å². The van der Waals surface area contributed by atoms with Gasteiger partial charge in [0.25, 0.3) is 0 Å². The van der Waals surface area contributed by atoms with E-state index in [0.29, 0.717) is 0 Å². The Kier molecular flexibility index (Phi) is 1.65. The van der Waals surface area contributed by atoms with Crippen molar-refractivity contribution in [3.05, 3.63) is 55.0 Å². The second-order valence-corrected chi connectivity index (χ2v) is 4.78. The molecule has 4 heterocycles. The summed E-state index contributed by atoms with van der Waals surface area (Å²) in [5, 5.41) is 9.44. The third-order valence-corrected chi connectivity index (χ3v) is 3.71. The van der Waals surface area contributed by atoms with Gasteiger partial charge in [-0.05, 0) is 18.2 Å². The zero-order valence-electron chi connectivity index (χ0n) is 10.4. The molecule has 4 aromatic heterocycles. The first-order valence-electron chi connectivity index (χ1n) is 6.41. The van der Waals surface area contributed by atoms with Crippen LogP contribution in [-0.2, 0) is 0 Å². The summed E-state index contributed by atoms with van der Waals surface area (Å²) >= 11 is 0. The molecule has 0 unspecified atom stereocenters. The summed E-state index contributed by atoms with van der Waals surface area (Å²) < 4.78 is 4.07. The van der Waals surface area contributed by atoms with Crippen LogP contribution in [0.1, 0.15) is 0 Å². The van der Waals surface area contributed by atoms with Crippen LogP contribution in [0.2, 0.25) is 0 Å². The molecule has 0 aliphatic rings. The summed E-state index contributed by atoms with van der Waals surface area (Å²) in [6, 6.07) is 14.2. The Hall–Kier alpha value is -2.95. The molecule has 5 rings (SSSR count). The van der Waals surface area contributed by atoms with Gasteiger partial charge < -0.3 is 0 Å². The van der Waals surface area contributed by atoms with Gasteiger partial charge in [0.2, 0.25) is 0 Å². The minimum absolute atomic E-state index is 0.831. The Morgan fingerprint density at radius 1 is 0.900 bits per heavy atom. The molecular formula is C15H9N5. The van der Waals surface area contributed by atoms with E-state index in [9.17, 15) is 0 Å². The first-order valence-corrected chi connectivity index (χ1v) is 6.41. The van der Waals surface area contributed by atoms with E-state index in [1.54, 1.807) is 6.33 Å². The number of aromatic nitrogens is 5. The molecule has 0 bridgehead atoms. The van der Waals surface area contributed by atoms with E-state index in [0.717, 1.165) is 33.2 Å². The molecule has 5 aromatic rings. The molecule has 94 valence electrons. The molecule has 0 saturated heterocycles. The van der Waals surface area contributed by atoms with E-state index in [2.05, 4.69) is 26.7 Å². The summed E-state index contributed by atoms with van der Waals surface area (Å²) in [5.74, 6) is 0. The first-order chi connectivity index (χ1) is 9.93. The van der Waals surface area contributed by atoms with Gasteiger partial charge in [0.15, 0.2) is 5.65 Å². The van der Waals surface area contributed by atoms with Crippen LogP contribution in [0.25, 0.3) is 33.2 Å². The van der Waals surface area contributed by atoms with Gasteiger partial charge in [-0.2, -0.15) is 0 Å². The van der Waals surface area contributed by atoms with Gasteiger partial charge in [-0.25, -0.2) is 4.98 Å². The lowest BCUT2D eigenvalue weighted by molar-refractivity contribution is 1.11. The maximum Gasteiger partial charge on any atom is 0.187 e. The summed E-state index contributed by atoms with van der Waals surface area (Å²) in [6.45, 7) is 0. The Labute approximate surface area is 113 Å². The van der Waals surface area contributed by atoms with Crippen molar-refractivity contribution < 1.29 is 0 Å².